The van der Waals surface area contributed by atoms with Gasteiger partial charge in [-0.25, -0.2) is 8.42 Å². The Morgan fingerprint density at radius 3 is 2.38 bits per heavy atom. The third-order valence-corrected chi connectivity index (χ3v) is 6.67. The average molecular weight is 353 g/mol. The molecule has 1 heterocycles. The summed E-state index contributed by atoms with van der Waals surface area (Å²) >= 11 is 0. The molecule has 0 saturated carbocycles. The van der Waals surface area contributed by atoms with Crippen molar-refractivity contribution in [3.05, 3.63) is 23.8 Å². The summed E-state index contributed by atoms with van der Waals surface area (Å²) < 4.78 is 27.1. The maximum absolute atomic E-state index is 12.8. The Kier molecular flexibility index (Phi) is 6.40. The number of aryl methyl sites for hydroxylation is 1. The standard InChI is InChI=1S/C18H28N2O3S/c1-4-15(5-2)18(21)19-17-13-16(10-9-14(17)3)24(22,23)20-11-7-6-8-12-20/h9-10,13,15H,4-8,11-12H2,1-3H3,(H,19,21). The highest BCUT2D eigenvalue weighted by atomic mass is 32.2. The topological polar surface area (TPSA) is 66.5 Å². The van der Waals surface area contributed by atoms with E-state index in [1.807, 2.05) is 20.8 Å². The summed E-state index contributed by atoms with van der Waals surface area (Å²) in [5.41, 5.74) is 1.46. The van der Waals surface area contributed by atoms with Crippen LogP contribution in [0.15, 0.2) is 23.1 Å². The van der Waals surface area contributed by atoms with Gasteiger partial charge in [0.25, 0.3) is 0 Å². The van der Waals surface area contributed by atoms with Crippen molar-refractivity contribution in [3.8, 4) is 0 Å². The molecule has 2 rings (SSSR count). The minimum absolute atomic E-state index is 0.0457. The molecule has 0 radical (unpaired) electrons. The van der Waals surface area contributed by atoms with E-state index in [1.165, 1.54) is 0 Å². The zero-order valence-electron chi connectivity index (χ0n) is 14.8. The van der Waals surface area contributed by atoms with Gasteiger partial charge in [-0.1, -0.05) is 26.3 Å². The van der Waals surface area contributed by atoms with Crippen molar-refractivity contribution in [2.45, 2.75) is 57.8 Å². The molecule has 1 N–H and O–H groups in total. The average Bonchev–Trinajstić information content (AvgIpc) is 2.58. The van der Waals surface area contributed by atoms with Crippen LogP contribution < -0.4 is 5.32 Å². The lowest BCUT2D eigenvalue weighted by Crippen LogP contribution is -2.35. The number of carbonyl (C=O) groups is 1. The van der Waals surface area contributed by atoms with Gasteiger partial charge >= 0.3 is 0 Å². The van der Waals surface area contributed by atoms with Crippen LogP contribution in [0.4, 0.5) is 5.69 Å². The summed E-state index contributed by atoms with van der Waals surface area (Å²) in [6, 6.07) is 4.99. The lowest BCUT2D eigenvalue weighted by atomic mass is 10.0. The largest absolute Gasteiger partial charge is 0.326 e. The van der Waals surface area contributed by atoms with E-state index in [2.05, 4.69) is 5.32 Å². The minimum Gasteiger partial charge on any atom is -0.326 e. The van der Waals surface area contributed by atoms with Gasteiger partial charge in [0.15, 0.2) is 0 Å². The number of benzene rings is 1. The van der Waals surface area contributed by atoms with Crippen molar-refractivity contribution in [2.75, 3.05) is 18.4 Å². The van der Waals surface area contributed by atoms with Crippen LogP contribution in [0.25, 0.3) is 0 Å². The fraction of sp³-hybridized carbons (Fsp3) is 0.611. The zero-order chi connectivity index (χ0) is 17.7. The number of hydrogen-bond donors (Lipinski definition) is 1. The molecular formula is C18H28N2O3S. The monoisotopic (exact) mass is 352 g/mol. The van der Waals surface area contributed by atoms with Gasteiger partial charge in [-0.05, 0) is 50.3 Å². The number of rotatable bonds is 6. The summed E-state index contributed by atoms with van der Waals surface area (Å²) in [5.74, 6) is -0.0950. The van der Waals surface area contributed by atoms with Gasteiger partial charge in [-0.3, -0.25) is 4.79 Å². The van der Waals surface area contributed by atoms with Crippen molar-refractivity contribution in [1.29, 1.82) is 0 Å². The van der Waals surface area contributed by atoms with Crippen molar-refractivity contribution in [1.82, 2.24) is 4.31 Å². The van der Waals surface area contributed by atoms with Gasteiger partial charge in [0, 0.05) is 24.7 Å². The van der Waals surface area contributed by atoms with Gasteiger partial charge in [-0.2, -0.15) is 4.31 Å². The second-order valence-electron chi connectivity index (χ2n) is 6.44. The number of sulfonamides is 1. The number of nitrogens with zero attached hydrogens (tertiary/aromatic N) is 1. The van der Waals surface area contributed by atoms with Crippen molar-refractivity contribution in [2.24, 2.45) is 5.92 Å². The van der Waals surface area contributed by atoms with Crippen molar-refractivity contribution in [3.63, 3.8) is 0 Å². The van der Waals surface area contributed by atoms with Gasteiger partial charge in [0.05, 0.1) is 4.90 Å². The fourth-order valence-electron chi connectivity index (χ4n) is 3.04. The van der Waals surface area contributed by atoms with Crippen LogP contribution >= 0.6 is 0 Å². The fourth-order valence-corrected chi connectivity index (χ4v) is 4.59. The number of amides is 1. The zero-order valence-corrected chi connectivity index (χ0v) is 15.7. The smallest absolute Gasteiger partial charge is 0.243 e. The molecule has 1 fully saturated rings. The summed E-state index contributed by atoms with van der Waals surface area (Å²) in [6.07, 6.45) is 4.43. The highest BCUT2D eigenvalue weighted by Gasteiger charge is 2.26. The number of anilines is 1. The minimum atomic E-state index is -3.49. The summed E-state index contributed by atoms with van der Waals surface area (Å²) in [5, 5.41) is 2.91. The first-order valence-electron chi connectivity index (χ1n) is 8.81. The van der Waals surface area contributed by atoms with Crippen molar-refractivity contribution >= 4 is 21.6 Å². The van der Waals surface area contributed by atoms with Crippen LogP contribution in [-0.4, -0.2) is 31.7 Å². The lowest BCUT2D eigenvalue weighted by molar-refractivity contribution is -0.120. The Morgan fingerprint density at radius 1 is 1.17 bits per heavy atom. The molecule has 0 unspecified atom stereocenters. The highest BCUT2D eigenvalue weighted by molar-refractivity contribution is 7.89. The van der Waals surface area contributed by atoms with Crippen LogP contribution in [0.1, 0.15) is 51.5 Å². The van der Waals surface area contributed by atoms with E-state index in [9.17, 15) is 13.2 Å². The van der Waals surface area contributed by atoms with E-state index in [-0.39, 0.29) is 16.7 Å². The third kappa shape index (κ3) is 4.16. The third-order valence-electron chi connectivity index (χ3n) is 4.78. The van der Waals surface area contributed by atoms with Crippen LogP contribution in [-0.2, 0) is 14.8 Å². The predicted octanol–water partition coefficient (Wildman–Crippen LogP) is 3.54. The maximum atomic E-state index is 12.8. The summed E-state index contributed by atoms with van der Waals surface area (Å²) in [6.45, 7) is 6.99. The first-order chi connectivity index (χ1) is 11.4. The van der Waals surface area contributed by atoms with Crippen LogP contribution in [0.3, 0.4) is 0 Å². The molecule has 0 aromatic heterocycles. The van der Waals surface area contributed by atoms with Crippen LogP contribution in [0, 0.1) is 12.8 Å². The summed E-state index contributed by atoms with van der Waals surface area (Å²) in [4.78, 5) is 12.6. The Bertz CT molecular complexity index is 676. The molecule has 5 nitrogen and oxygen atoms in total. The van der Waals surface area contributed by atoms with Gasteiger partial charge in [-0.15, -0.1) is 0 Å². The normalized spacial score (nSPS) is 16.3. The molecule has 1 amide bonds. The Hall–Kier alpha value is -1.40. The lowest BCUT2D eigenvalue weighted by Gasteiger charge is -2.26. The molecule has 24 heavy (non-hydrogen) atoms. The van der Waals surface area contributed by atoms with E-state index >= 15 is 0 Å². The SMILES string of the molecule is CCC(CC)C(=O)Nc1cc(S(=O)(=O)N2CCCCC2)ccc1C. The van der Waals surface area contributed by atoms with Crippen molar-refractivity contribution < 1.29 is 13.2 Å². The number of hydrogen-bond acceptors (Lipinski definition) is 3. The van der Waals surface area contributed by atoms with E-state index in [0.29, 0.717) is 18.8 Å². The Labute approximate surface area is 145 Å². The van der Waals surface area contributed by atoms with Gasteiger partial charge in [0.2, 0.25) is 15.9 Å². The first-order valence-corrected chi connectivity index (χ1v) is 10.3. The Balaban J connectivity index is 2.26. The molecule has 1 aromatic carbocycles. The maximum Gasteiger partial charge on any atom is 0.243 e. The Morgan fingerprint density at radius 2 is 1.79 bits per heavy atom. The molecule has 0 atom stereocenters. The molecule has 6 heteroatoms. The van der Waals surface area contributed by atoms with E-state index in [0.717, 1.165) is 37.7 Å². The summed E-state index contributed by atoms with van der Waals surface area (Å²) in [7, 11) is -3.49. The molecule has 1 aliphatic rings. The van der Waals surface area contributed by atoms with Crippen LogP contribution in [0.5, 0.6) is 0 Å². The molecule has 0 aliphatic carbocycles. The molecule has 0 spiro atoms. The number of carbonyl (C=O) groups excluding carboxylic acids is 1. The van der Waals surface area contributed by atoms with E-state index in [4.69, 9.17) is 0 Å². The van der Waals surface area contributed by atoms with E-state index in [1.54, 1.807) is 22.5 Å². The second kappa shape index (κ2) is 8.12. The number of piperidine rings is 1. The quantitative estimate of drug-likeness (QED) is 0.851. The predicted molar refractivity (Wildman–Crippen MR) is 96.5 cm³/mol. The van der Waals surface area contributed by atoms with Crippen LogP contribution in [0.2, 0.25) is 0 Å². The first kappa shape index (κ1) is 18.9. The molecule has 1 saturated heterocycles. The number of nitrogens with one attached hydrogen (secondary N) is 1. The molecular weight excluding hydrogens is 324 g/mol. The van der Waals surface area contributed by atoms with E-state index < -0.39 is 10.0 Å². The molecule has 134 valence electrons. The highest BCUT2D eigenvalue weighted by Crippen LogP contribution is 2.26. The molecule has 0 bridgehead atoms. The van der Waals surface area contributed by atoms with Gasteiger partial charge < -0.3 is 5.32 Å². The van der Waals surface area contributed by atoms with Gasteiger partial charge in [0.1, 0.15) is 0 Å². The molecule has 1 aromatic rings. The molecule has 1 aliphatic heterocycles. The second-order valence-corrected chi connectivity index (χ2v) is 8.38.